The number of rotatable bonds is 7. The third kappa shape index (κ3) is 6.08. The van der Waals surface area contributed by atoms with Crippen molar-refractivity contribution in [2.75, 3.05) is 5.32 Å². The Morgan fingerprint density at radius 1 is 1.07 bits per heavy atom. The van der Waals surface area contributed by atoms with Gasteiger partial charge in [0.05, 0.1) is 0 Å². The number of benzene rings is 2. The van der Waals surface area contributed by atoms with Crippen LogP contribution < -0.4 is 15.4 Å². The van der Waals surface area contributed by atoms with Gasteiger partial charge in [-0.3, -0.25) is 9.59 Å². The average Bonchev–Trinajstić information content (AvgIpc) is 2.73. The summed E-state index contributed by atoms with van der Waals surface area (Å²) in [5, 5.41) is 5.99. The van der Waals surface area contributed by atoms with Crippen LogP contribution >= 0.6 is 0 Å². The number of carbonyl (C=O) groups excluding carboxylic acids is 2. The second-order valence-electron chi connectivity index (χ2n) is 7.71. The Kier molecular flexibility index (Phi) is 7.28. The molecular formula is C24H30N2O3. The van der Waals surface area contributed by atoms with Crippen molar-refractivity contribution in [3.05, 3.63) is 59.7 Å². The van der Waals surface area contributed by atoms with Crippen molar-refractivity contribution in [1.82, 2.24) is 5.32 Å². The highest BCUT2D eigenvalue weighted by Crippen LogP contribution is 2.19. The number of carbonyl (C=O) groups is 2. The van der Waals surface area contributed by atoms with Crippen molar-refractivity contribution >= 4 is 17.5 Å². The van der Waals surface area contributed by atoms with Gasteiger partial charge in [0.1, 0.15) is 5.75 Å². The van der Waals surface area contributed by atoms with Crippen LogP contribution in [-0.4, -0.2) is 24.0 Å². The van der Waals surface area contributed by atoms with Gasteiger partial charge in [0, 0.05) is 17.3 Å². The smallest absolute Gasteiger partial charge is 0.265 e. The Morgan fingerprint density at radius 2 is 1.79 bits per heavy atom. The molecule has 29 heavy (non-hydrogen) atoms. The molecule has 0 aliphatic heterocycles. The number of ether oxygens (including phenoxy) is 1. The maximum Gasteiger partial charge on any atom is 0.265 e. The zero-order chi connectivity index (χ0) is 20.6. The van der Waals surface area contributed by atoms with Crippen LogP contribution in [0.1, 0.15) is 61.4 Å². The van der Waals surface area contributed by atoms with Gasteiger partial charge in [0.15, 0.2) is 6.10 Å². The maximum absolute atomic E-state index is 12.6. The van der Waals surface area contributed by atoms with Crippen LogP contribution in [0.15, 0.2) is 48.5 Å². The van der Waals surface area contributed by atoms with E-state index in [0.29, 0.717) is 23.4 Å². The highest BCUT2D eigenvalue weighted by Gasteiger charge is 2.19. The largest absolute Gasteiger partial charge is 0.481 e. The zero-order valence-electron chi connectivity index (χ0n) is 17.2. The first-order chi connectivity index (χ1) is 14.0. The fraction of sp³-hybridized carbons (Fsp3) is 0.417. The van der Waals surface area contributed by atoms with Crippen LogP contribution in [0.25, 0.3) is 0 Å². The molecular weight excluding hydrogens is 364 g/mol. The lowest BCUT2D eigenvalue weighted by Crippen LogP contribution is -2.36. The number of anilines is 1. The van der Waals surface area contributed by atoms with Crippen molar-refractivity contribution in [3.63, 3.8) is 0 Å². The Morgan fingerprint density at radius 3 is 2.45 bits per heavy atom. The third-order valence-corrected chi connectivity index (χ3v) is 5.29. The normalized spacial score (nSPS) is 15.4. The number of aryl methyl sites for hydroxylation is 1. The standard InChI is InChI=1S/C24H30N2O3/c1-3-22(29-21-11-7-8-17(2)16-21)24(28)26-20-14-12-18(13-15-20)23(27)25-19-9-5-4-6-10-19/h7-8,11-16,19,22H,3-6,9-10H2,1-2H3,(H,25,27)(H,26,28). The van der Waals surface area contributed by atoms with E-state index in [-0.39, 0.29) is 17.9 Å². The minimum atomic E-state index is -0.578. The lowest BCUT2D eigenvalue weighted by Gasteiger charge is -2.22. The molecule has 5 nitrogen and oxygen atoms in total. The summed E-state index contributed by atoms with van der Waals surface area (Å²) in [5.41, 5.74) is 2.34. The third-order valence-electron chi connectivity index (χ3n) is 5.29. The van der Waals surface area contributed by atoms with Gasteiger partial charge < -0.3 is 15.4 Å². The number of hydrogen-bond acceptors (Lipinski definition) is 3. The van der Waals surface area contributed by atoms with Gasteiger partial charge in [-0.15, -0.1) is 0 Å². The Bertz CT molecular complexity index is 826. The monoisotopic (exact) mass is 394 g/mol. The summed E-state index contributed by atoms with van der Waals surface area (Å²) in [7, 11) is 0. The molecule has 1 aliphatic carbocycles. The van der Waals surface area contributed by atoms with Gasteiger partial charge in [0.2, 0.25) is 0 Å². The molecule has 2 amide bonds. The first-order valence-electron chi connectivity index (χ1n) is 10.5. The van der Waals surface area contributed by atoms with E-state index in [0.717, 1.165) is 18.4 Å². The molecule has 2 aromatic carbocycles. The summed E-state index contributed by atoms with van der Waals surface area (Å²) in [5.74, 6) is 0.430. The number of hydrogen-bond donors (Lipinski definition) is 2. The van der Waals surface area contributed by atoms with E-state index in [1.54, 1.807) is 24.3 Å². The summed E-state index contributed by atoms with van der Waals surface area (Å²) in [6.45, 7) is 3.90. The molecule has 1 aliphatic rings. The van der Waals surface area contributed by atoms with Crippen molar-refractivity contribution in [2.24, 2.45) is 0 Å². The Balaban J connectivity index is 1.56. The molecule has 3 rings (SSSR count). The van der Waals surface area contributed by atoms with E-state index in [4.69, 9.17) is 4.74 Å². The highest BCUT2D eigenvalue weighted by atomic mass is 16.5. The van der Waals surface area contributed by atoms with E-state index in [2.05, 4.69) is 10.6 Å². The molecule has 1 unspecified atom stereocenters. The van der Waals surface area contributed by atoms with E-state index in [9.17, 15) is 9.59 Å². The van der Waals surface area contributed by atoms with E-state index in [1.807, 2.05) is 38.1 Å². The molecule has 154 valence electrons. The molecule has 5 heteroatoms. The van der Waals surface area contributed by atoms with Crippen molar-refractivity contribution in [2.45, 2.75) is 64.5 Å². The molecule has 2 aromatic rings. The molecule has 0 bridgehead atoms. The molecule has 0 radical (unpaired) electrons. The predicted molar refractivity (Wildman–Crippen MR) is 115 cm³/mol. The van der Waals surface area contributed by atoms with Crippen LogP contribution in [0.3, 0.4) is 0 Å². The highest BCUT2D eigenvalue weighted by molar-refractivity contribution is 5.97. The SMILES string of the molecule is CCC(Oc1cccc(C)c1)C(=O)Nc1ccc(C(=O)NC2CCCCC2)cc1. The van der Waals surface area contributed by atoms with Crippen LogP contribution in [0.4, 0.5) is 5.69 Å². The summed E-state index contributed by atoms with van der Waals surface area (Å²) >= 11 is 0. The molecule has 1 saturated carbocycles. The van der Waals surface area contributed by atoms with Crippen molar-refractivity contribution in [1.29, 1.82) is 0 Å². The van der Waals surface area contributed by atoms with Gasteiger partial charge in [-0.1, -0.05) is 38.3 Å². The fourth-order valence-electron chi connectivity index (χ4n) is 3.62. The lowest BCUT2D eigenvalue weighted by molar-refractivity contribution is -0.122. The second kappa shape index (κ2) is 10.1. The predicted octanol–water partition coefficient (Wildman–Crippen LogP) is 4.85. The Hall–Kier alpha value is -2.82. The van der Waals surface area contributed by atoms with Crippen molar-refractivity contribution < 1.29 is 14.3 Å². The van der Waals surface area contributed by atoms with Crippen LogP contribution in [0.2, 0.25) is 0 Å². The van der Waals surface area contributed by atoms with Crippen LogP contribution in [0.5, 0.6) is 5.75 Å². The summed E-state index contributed by atoms with van der Waals surface area (Å²) in [4.78, 5) is 25.0. The molecule has 0 aromatic heterocycles. The Labute approximate surface area is 172 Å². The van der Waals surface area contributed by atoms with Crippen molar-refractivity contribution in [3.8, 4) is 5.75 Å². The first-order valence-corrected chi connectivity index (χ1v) is 10.5. The fourth-order valence-corrected chi connectivity index (χ4v) is 3.62. The van der Waals surface area contributed by atoms with Crippen LogP contribution in [0, 0.1) is 6.92 Å². The lowest BCUT2D eigenvalue weighted by atomic mass is 9.95. The van der Waals surface area contributed by atoms with E-state index >= 15 is 0 Å². The minimum Gasteiger partial charge on any atom is -0.481 e. The first kappa shape index (κ1) is 20.9. The molecule has 0 spiro atoms. The summed E-state index contributed by atoms with van der Waals surface area (Å²) in [6.07, 6.45) is 5.71. The molecule has 0 saturated heterocycles. The minimum absolute atomic E-state index is 0.0519. The average molecular weight is 395 g/mol. The van der Waals surface area contributed by atoms with Gasteiger partial charge in [-0.25, -0.2) is 0 Å². The quantitative estimate of drug-likeness (QED) is 0.705. The van der Waals surface area contributed by atoms with E-state index < -0.39 is 6.10 Å². The van der Waals surface area contributed by atoms with Crippen LogP contribution in [-0.2, 0) is 4.79 Å². The molecule has 1 fully saturated rings. The van der Waals surface area contributed by atoms with Gasteiger partial charge in [-0.05, 0) is 68.1 Å². The molecule has 1 atom stereocenters. The molecule has 0 heterocycles. The number of amides is 2. The molecule has 2 N–H and O–H groups in total. The zero-order valence-corrected chi connectivity index (χ0v) is 17.2. The topological polar surface area (TPSA) is 67.4 Å². The van der Waals surface area contributed by atoms with Gasteiger partial charge in [-0.2, -0.15) is 0 Å². The maximum atomic E-state index is 12.6. The number of nitrogens with one attached hydrogen (secondary N) is 2. The van der Waals surface area contributed by atoms with Gasteiger partial charge in [0.25, 0.3) is 11.8 Å². The summed E-state index contributed by atoms with van der Waals surface area (Å²) < 4.78 is 5.85. The summed E-state index contributed by atoms with van der Waals surface area (Å²) in [6, 6.07) is 14.9. The van der Waals surface area contributed by atoms with E-state index in [1.165, 1.54) is 19.3 Å². The van der Waals surface area contributed by atoms with Gasteiger partial charge >= 0.3 is 0 Å². The second-order valence-corrected chi connectivity index (χ2v) is 7.71.